The molecule has 0 fully saturated rings. The van der Waals surface area contributed by atoms with Crippen molar-refractivity contribution in [3.63, 3.8) is 0 Å². The number of ether oxygens (including phenoxy) is 2. The third-order valence-electron chi connectivity index (χ3n) is 5.00. The molecule has 2 aromatic rings. The van der Waals surface area contributed by atoms with Crippen LogP contribution in [0.25, 0.3) is 6.08 Å². The second kappa shape index (κ2) is 10.4. The molecule has 2 aliphatic heterocycles. The van der Waals surface area contributed by atoms with Crippen LogP contribution in [0.5, 0.6) is 11.5 Å². The summed E-state index contributed by atoms with van der Waals surface area (Å²) >= 11 is 7.39. The minimum Gasteiger partial charge on any atom is -0.490 e. The number of amidine groups is 2. The molecule has 0 radical (unpaired) electrons. The fourth-order valence-electron chi connectivity index (χ4n) is 3.35. The smallest absolute Gasteiger partial charge is 0.283 e. The maximum Gasteiger partial charge on any atom is 0.283 e. The number of hydrogen-bond donors (Lipinski definition) is 1. The number of carbonyl (C=O) groups excluding carboxylic acids is 1. The summed E-state index contributed by atoms with van der Waals surface area (Å²) in [5.74, 6) is 1.38. The molecular formula is C25H25ClN4O3S. The number of rotatable bonds is 8. The van der Waals surface area contributed by atoms with E-state index in [-0.39, 0.29) is 11.4 Å². The number of amides is 1. The number of nitrogens with one attached hydrogen (secondary N) is 1. The Morgan fingerprint density at radius 2 is 1.88 bits per heavy atom. The van der Waals surface area contributed by atoms with E-state index >= 15 is 0 Å². The van der Waals surface area contributed by atoms with Crippen LogP contribution in [0.4, 0.5) is 0 Å². The number of hydrogen-bond acceptors (Lipinski definition) is 6. The number of aliphatic imine (C=N–C) groups is 1. The highest BCUT2D eigenvalue weighted by Crippen LogP contribution is 2.30. The average Bonchev–Trinajstić information content (AvgIpc) is 3.18. The molecule has 0 bridgehead atoms. The molecular weight excluding hydrogens is 472 g/mol. The van der Waals surface area contributed by atoms with Gasteiger partial charge in [-0.3, -0.25) is 10.2 Å². The quantitative estimate of drug-likeness (QED) is 0.370. The van der Waals surface area contributed by atoms with Crippen molar-refractivity contribution < 1.29 is 14.3 Å². The number of fused-ring (bicyclic) bond motifs is 1. The van der Waals surface area contributed by atoms with E-state index in [1.807, 2.05) is 43.3 Å². The molecule has 2 aliphatic rings. The Morgan fingerprint density at radius 3 is 2.59 bits per heavy atom. The van der Waals surface area contributed by atoms with E-state index in [9.17, 15) is 4.79 Å². The Hall–Kier alpha value is -3.10. The summed E-state index contributed by atoms with van der Waals surface area (Å²) in [4.78, 5) is 16.8. The molecule has 0 saturated carbocycles. The van der Waals surface area contributed by atoms with E-state index in [1.54, 1.807) is 12.1 Å². The van der Waals surface area contributed by atoms with Crippen LogP contribution in [0.1, 0.15) is 31.4 Å². The summed E-state index contributed by atoms with van der Waals surface area (Å²) in [6.45, 7) is 6.85. The first kappa shape index (κ1) is 24.0. The molecule has 0 saturated heterocycles. The second-order valence-corrected chi connectivity index (χ2v) is 9.74. The van der Waals surface area contributed by atoms with E-state index in [4.69, 9.17) is 26.5 Å². The van der Waals surface area contributed by atoms with Gasteiger partial charge in [0.15, 0.2) is 5.84 Å². The molecule has 0 atom stereocenters. The molecule has 0 unspecified atom stereocenters. The van der Waals surface area contributed by atoms with E-state index in [2.05, 4.69) is 23.9 Å². The molecule has 7 nitrogen and oxygen atoms in total. The van der Waals surface area contributed by atoms with Gasteiger partial charge in [0.1, 0.15) is 29.8 Å². The predicted octanol–water partition coefficient (Wildman–Crippen LogP) is 5.77. The van der Waals surface area contributed by atoms with Crippen LogP contribution in [0.2, 0.25) is 5.02 Å². The van der Waals surface area contributed by atoms with Gasteiger partial charge in [0.05, 0.1) is 5.57 Å². The van der Waals surface area contributed by atoms with Gasteiger partial charge in [0, 0.05) is 11.4 Å². The minimum atomic E-state index is -0.442. The van der Waals surface area contributed by atoms with E-state index in [1.165, 1.54) is 16.8 Å². The van der Waals surface area contributed by atoms with Gasteiger partial charge in [-0.2, -0.15) is 15.1 Å². The van der Waals surface area contributed by atoms with Gasteiger partial charge in [-0.05, 0) is 72.1 Å². The van der Waals surface area contributed by atoms with Crippen LogP contribution >= 0.6 is 23.4 Å². The molecule has 176 valence electrons. The monoisotopic (exact) mass is 496 g/mol. The van der Waals surface area contributed by atoms with Gasteiger partial charge in [-0.1, -0.05) is 37.6 Å². The highest BCUT2D eigenvalue weighted by molar-refractivity contribution is 8.26. The number of benzene rings is 2. The van der Waals surface area contributed by atoms with Crippen molar-refractivity contribution in [1.29, 1.82) is 5.41 Å². The molecule has 0 aliphatic carbocycles. The van der Waals surface area contributed by atoms with Gasteiger partial charge in [0.25, 0.3) is 5.91 Å². The van der Waals surface area contributed by atoms with Gasteiger partial charge < -0.3 is 9.47 Å². The Labute approximate surface area is 208 Å². The van der Waals surface area contributed by atoms with Crippen LogP contribution in [0, 0.1) is 18.3 Å². The Kier molecular flexibility index (Phi) is 7.38. The number of nitrogens with zero attached hydrogens (tertiary/aromatic N) is 3. The van der Waals surface area contributed by atoms with Crippen molar-refractivity contribution in [2.75, 3.05) is 13.2 Å². The first-order valence-electron chi connectivity index (χ1n) is 10.9. The van der Waals surface area contributed by atoms with Gasteiger partial charge in [-0.15, -0.1) is 0 Å². The van der Waals surface area contributed by atoms with E-state index in [0.29, 0.717) is 35.1 Å². The Bertz CT molecular complexity index is 1220. The fourth-order valence-corrected chi connectivity index (χ4v) is 4.56. The zero-order valence-corrected chi connectivity index (χ0v) is 20.7. The summed E-state index contributed by atoms with van der Waals surface area (Å²) in [6, 6.07) is 12.8. The third kappa shape index (κ3) is 5.69. The lowest BCUT2D eigenvalue weighted by Gasteiger charge is -2.20. The first-order chi connectivity index (χ1) is 16.3. The highest BCUT2D eigenvalue weighted by atomic mass is 35.5. The molecule has 2 heterocycles. The largest absolute Gasteiger partial charge is 0.490 e. The summed E-state index contributed by atoms with van der Waals surface area (Å²) < 4.78 is 11.5. The maximum atomic E-state index is 12.6. The number of halogens is 1. The second-order valence-electron chi connectivity index (χ2n) is 8.29. The predicted molar refractivity (Wildman–Crippen MR) is 138 cm³/mol. The molecule has 9 heteroatoms. The lowest BCUT2D eigenvalue weighted by molar-refractivity contribution is -0.114. The highest BCUT2D eigenvalue weighted by Gasteiger charge is 2.35. The van der Waals surface area contributed by atoms with Crippen LogP contribution in [0.3, 0.4) is 0 Å². The number of carbonyl (C=O) groups is 1. The van der Waals surface area contributed by atoms with Gasteiger partial charge in [0.2, 0.25) is 5.17 Å². The zero-order chi connectivity index (χ0) is 24.2. The number of hydrazone groups is 1. The molecule has 4 rings (SSSR count). The van der Waals surface area contributed by atoms with Crippen molar-refractivity contribution in [3.8, 4) is 11.5 Å². The lowest BCUT2D eigenvalue weighted by Crippen LogP contribution is -2.35. The van der Waals surface area contributed by atoms with Crippen molar-refractivity contribution in [2.24, 2.45) is 16.0 Å². The van der Waals surface area contributed by atoms with Gasteiger partial charge >= 0.3 is 0 Å². The van der Waals surface area contributed by atoms with Crippen molar-refractivity contribution in [2.45, 2.75) is 27.2 Å². The third-order valence-corrected chi connectivity index (χ3v) is 6.35. The van der Waals surface area contributed by atoms with Crippen molar-refractivity contribution in [3.05, 3.63) is 64.2 Å². The van der Waals surface area contributed by atoms with E-state index < -0.39 is 5.91 Å². The lowest BCUT2D eigenvalue weighted by atomic mass is 10.1. The number of thioether (sulfide) groups is 1. The Morgan fingerprint density at radius 1 is 1.15 bits per heavy atom. The molecule has 2 aromatic carbocycles. The normalized spacial score (nSPS) is 16.6. The Balaban J connectivity index is 1.40. The topological polar surface area (TPSA) is 87.3 Å². The summed E-state index contributed by atoms with van der Waals surface area (Å²) in [7, 11) is 0. The zero-order valence-electron chi connectivity index (χ0n) is 19.2. The molecule has 0 spiro atoms. The van der Waals surface area contributed by atoms with Crippen LogP contribution in [0.15, 0.2) is 58.1 Å². The average molecular weight is 497 g/mol. The molecule has 34 heavy (non-hydrogen) atoms. The van der Waals surface area contributed by atoms with E-state index in [0.717, 1.165) is 28.3 Å². The SMILES string of the molecule is Cc1cc(OCCOc2cccc(/C=C3\C(=N)N4N=C(CC(C)C)SC4=NC3=O)c2)ccc1Cl. The molecule has 1 amide bonds. The van der Waals surface area contributed by atoms with Crippen LogP contribution in [-0.2, 0) is 4.79 Å². The summed E-state index contributed by atoms with van der Waals surface area (Å²) in [5, 5.41) is 16.4. The fraction of sp³-hybridized carbons (Fsp3) is 0.280. The number of aryl methyl sites for hydroxylation is 1. The van der Waals surface area contributed by atoms with Crippen LogP contribution in [-0.4, -0.2) is 40.2 Å². The minimum absolute atomic E-state index is 0.0271. The standard InChI is InChI=1S/C25H25ClN4O3S/c1-15(2)11-22-29-30-23(27)20(24(31)28-25(30)34-22)14-17-5-4-6-18(13-17)32-9-10-33-19-7-8-21(26)16(3)12-19/h4-8,12-15,27H,9-11H2,1-3H3/b20-14+,27-23?. The molecule has 1 N–H and O–H groups in total. The maximum absolute atomic E-state index is 12.6. The van der Waals surface area contributed by atoms with Crippen molar-refractivity contribution >= 4 is 51.4 Å². The van der Waals surface area contributed by atoms with Crippen LogP contribution < -0.4 is 9.47 Å². The summed E-state index contributed by atoms with van der Waals surface area (Å²) in [5.41, 5.74) is 1.88. The van der Waals surface area contributed by atoms with Gasteiger partial charge in [-0.25, -0.2) is 0 Å². The molecule has 0 aromatic heterocycles. The summed E-state index contributed by atoms with van der Waals surface area (Å²) in [6.07, 6.45) is 2.42. The first-order valence-corrected chi connectivity index (χ1v) is 12.1. The van der Waals surface area contributed by atoms with Crippen molar-refractivity contribution in [1.82, 2.24) is 5.01 Å².